The van der Waals surface area contributed by atoms with E-state index >= 15 is 0 Å². The van der Waals surface area contributed by atoms with E-state index in [1.165, 1.54) is 0 Å². The fraction of sp³-hybridized carbons (Fsp3) is 0.938. The largest absolute Gasteiger partial charge is 0.379 e. The zero-order valence-electron chi connectivity index (χ0n) is 14.9. The molecule has 2 N–H and O–H groups in total. The van der Waals surface area contributed by atoms with Crippen molar-refractivity contribution in [1.29, 1.82) is 0 Å². The Morgan fingerprint density at radius 2 is 1.86 bits per heavy atom. The van der Waals surface area contributed by atoms with Crippen LogP contribution in [0.25, 0.3) is 0 Å². The maximum absolute atomic E-state index is 5.37. The molecule has 1 fully saturated rings. The van der Waals surface area contributed by atoms with E-state index < -0.39 is 0 Å². The van der Waals surface area contributed by atoms with Crippen LogP contribution in [0, 0.1) is 0 Å². The third kappa shape index (κ3) is 7.42. The van der Waals surface area contributed by atoms with Crippen molar-refractivity contribution in [2.45, 2.75) is 33.7 Å². The molecular weight excluding hydrogens is 278 g/mol. The predicted molar refractivity (Wildman–Crippen MR) is 93.6 cm³/mol. The molecule has 0 amide bonds. The van der Waals surface area contributed by atoms with Crippen molar-refractivity contribution >= 4 is 5.96 Å². The molecule has 1 heterocycles. The van der Waals surface area contributed by atoms with Gasteiger partial charge in [-0.1, -0.05) is 13.8 Å². The molecule has 22 heavy (non-hydrogen) atoms. The van der Waals surface area contributed by atoms with Gasteiger partial charge in [-0.3, -0.25) is 14.8 Å². The van der Waals surface area contributed by atoms with Crippen molar-refractivity contribution in [1.82, 2.24) is 20.4 Å². The van der Waals surface area contributed by atoms with Crippen molar-refractivity contribution in [3.05, 3.63) is 0 Å². The standard InChI is InChI=1S/C16H35N5O/c1-5-17-16(19-14-15(4)21(6-2)7-3)18-8-9-20-10-12-22-13-11-20/h15H,5-14H2,1-4H3,(H2,17,18,19). The van der Waals surface area contributed by atoms with Gasteiger partial charge in [0.15, 0.2) is 5.96 Å². The van der Waals surface area contributed by atoms with E-state index in [1.807, 2.05) is 0 Å². The molecule has 0 aromatic heterocycles. The minimum atomic E-state index is 0.477. The van der Waals surface area contributed by atoms with Gasteiger partial charge in [0.25, 0.3) is 0 Å². The number of nitrogens with zero attached hydrogens (tertiary/aromatic N) is 3. The first-order valence-corrected chi connectivity index (χ1v) is 8.77. The molecule has 6 nitrogen and oxygen atoms in total. The van der Waals surface area contributed by atoms with Gasteiger partial charge in [0.1, 0.15) is 0 Å². The van der Waals surface area contributed by atoms with Gasteiger partial charge in [0, 0.05) is 38.8 Å². The molecule has 0 bridgehead atoms. The van der Waals surface area contributed by atoms with Crippen molar-refractivity contribution < 1.29 is 4.74 Å². The average Bonchev–Trinajstić information content (AvgIpc) is 2.54. The number of aliphatic imine (C=N–C) groups is 1. The summed E-state index contributed by atoms with van der Waals surface area (Å²) in [6, 6.07) is 0.477. The van der Waals surface area contributed by atoms with E-state index in [0.717, 1.165) is 71.5 Å². The molecule has 1 unspecified atom stereocenters. The van der Waals surface area contributed by atoms with E-state index in [4.69, 9.17) is 9.73 Å². The summed E-state index contributed by atoms with van der Waals surface area (Å²) in [5, 5.41) is 6.76. The summed E-state index contributed by atoms with van der Waals surface area (Å²) in [6.07, 6.45) is 0. The number of guanidine groups is 1. The van der Waals surface area contributed by atoms with Crippen molar-refractivity contribution in [3.8, 4) is 0 Å². The highest BCUT2D eigenvalue weighted by atomic mass is 16.5. The second-order valence-corrected chi connectivity index (χ2v) is 5.67. The minimum absolute atomic E-state index is 0.477. The Morgan fingerprint density at radius 3 is 2.45 bits per heavy atom. The van der Waals surface area contributed by atoms with Gasteiger partial charge >= 0.3 is 0 Å². The van der Waals surface area contributed by atoms with Gasteiger partial charge in [-0.15, -0.1) is 0 Å². The van der Waals surface area contributed by atoms with Crippen molar-refractivity contribution in [2.24, 2.45) is 4.99 Å². The summed E-state index contributed by atoms with van der Waals surface area (Å²) in [5.74, 6) is 0.926. The van der Waals surface area contributed by atoms with E-state index in [-0.39, 0.29) is 0 Å². The van der Waals surface area contributed by atoms with Gasteiger partial charge in [0.2, 0.25) is 0 Å². The molecule has 0 spiro atoms. The number of hydrogen-bond acceptors (Lipinski definition) is 4. The summed E-state index contributed by atoms with van der Waals surface area (Å²) < 4.78 is 5.37. The second kappa shape index (κ2) is 11.7. The van der Waals surface area contributed by atoms with Gasteiger partial charge in [-0.25, -0.2) is 0 Å². The third-order valence-corrected chi connectivity index (χ3v) is 4.12. The first kappa shape index (κ1) is 19.2. The Kier molecular flexibility index (Phi) is 10.2. The molecule has 1 saturated heterocycles. The highest BCUT2D eigenvalue weighted by Crippen LogP contribution is 1.98. The maximum Gasteiger partial charge on any atom is 0.191 e. The van der Waals surface area contributed by atoms with Crippen LogP contribution in [0.1, 0.15) is 27.7 Å². The fourth-order valence-corrected chi connectivity index (χ4v) is 2.68. The van der Waals surface area contributed by atoms with E-state index in [1.54, 1.807) is 0 Å². The van der Waals surface area contributed by atoms with Crippen LogP contribution in [0.15, 0.2) is 4.99 Å². The first-order valence-electron chi connectivity index (χ1n) is 8.77. The Balaban J connectivity index is 2.34. The number of ether oxygens (including phenoxy) is 1. The molecule has 0 radical (unpaired) electrons. The van der Waals surface area contributed by atoms with Crippen LogP contribution in [0.5, 0.6) is 0 Å². The van der Waals surface area contributed by atoms with Crippen LogP contribution in [-0.2, 0) is 4.74 Å². The van der Waals surface area contributed by atoms with Gasteiger partial charge in [0.05, 0.1) is 19.8 Å². The number of likely N-dealkylation sites (N-methyl/N-ethyl adjacent to an activating group) is 1. The van der Waals surface area contributed by atoms with Gasteiger partial charge < -0.3 is 15.4 Å². The molecule has 6 heteroatoms. The molecule has 1 atom stereocenters. The second-order valence-electron chi connectivity index (χ2n) is 5.67. The average molecular weight is 313 g/mol. The van der Waals surface area contributed by atoms with E-state index in [0.29, 0.717) is 6.04 Å². The molecule has 130 valence electrons. The maximum atomic E-state index is 5.37. The monoisotopic (exact) mass is 313 g/mol. The Hall–Kier alpha value is -0.850. The molecule has 0 aromatic rings. The smallest absolute Gasteiger partial charge is 0.191 e. The highest BCUT2D eigenvalue weighted by Gasteiger charge is 2.11. The van der Waals surface area contributed by atoms with Crippen LogP contribution >= 0.6 is 0 Å². The lowest BCUT2D eigenvalue weighted by atomic mass is 10.3. The zero-order chi connectivity index (χ0) is 16.2. The summed E-state index contributed by atoms with van der Waals surface area (Å²) >= 11 is 0. The SMILES string of the molecule is CCNC(=NCC(C)N(CC)CC)NCCN1CCOCC1. The van der Waals surface area contributed by atoms with Gasteiger partial charge in [-0.2, -0.15) is 0 Å². The number of rotatable bonds is 9. The molecule has 1 aliphatic rings. The lowest BCUT2D eigenvalue weighted by molar-refractivity contribution is 0.0389. The Labute approximate surface area is 136 Å². The Morgan fingerprint density at radius 1 is 1.18 bits per heavy atom. The van der Waals surface area contributed by atoms with Crippen LogP contribution in [0.3, 0.4) is 0 Å². The third-order valence-electron chi connectivity index (χ3n) is 4.12. The molecular formula is C16H35N5O. The number of nitrogens with one attached hydrogen (secondary N) is 2. The quantitative estimate of drug-likeness (QED) is 0.482. The van der Waals surface area contributed by atoms with E-state index in [9.17, 15) is 0 Å². The van der Waals surface area contributed by atoms with Crippen LogP contribution in [-0.4, -0.2) is 87.4 Å². The summed E-state index contributed by atoms with van der Waals surface area (Å²) in [7, 11) is 0. The van der Waals surface area contributed by atoms with Gasteiger partial charge in [-0.05, 0) is 26.9 Å². The molecule has 0 aromatic carbocycles. The summed E-state index contributed by atoms with van der Waals surface area (Å²) in [6.45, 7) is 18.4. The lowest BCUT2D eigenvalue weighted by Crippen LogP contribution is -2.45. The predicted octanol–water partition coefficient (Wildman–Crippen LogP) is 0.604. The van der Waals surface area contributed by atoms with Crippen molar-refractivity contribution in [2.75, 3.05) is 65.6 Å². The fourth-order valence-electron chi connectivity index (χ4n) is 2.68. The minimum Gasteiger partial charge on any atom is -0.379 e. The topological polar surface area (TPSA) is 52.1 Å². The normalized spacial score (nSPS) is 18.5. The molecule has 1 aliphatic heterocycles. The van der Waals surface area contributed by atoms with Crippen LogP contribution in [0.4, 0.5) is 0 Å². The van der Waals surface area contributed by atoms with Crippen LogP contribution < -0.4 is 10.6 Å². The zero-order valence-corrected chi connectivity index (χ0v) is 14.9. The number of morpholine rings is 1. The van der Waals surface area contributed by atoms with E-state index in [2.05, 4.69) is 48.1 Å². The summed E-state index contributed by atoms with van der Waals surface area (Å²) in [5.41, 5.74) is 0. The molecule has 0 saturated carbocycles. The Bertz CT molecular complexity index is 301. The highest BCUT2D eigenvalue weighted by molar-refractivity contribution is 5.79. The number of hydrogen-bond donors (Lipinski definition) is 2. The summed E-state index contributed by atoms with van der Waals surface area (Å²) in [4.78, 5) is 9.58. The molecule has 1 rings (SSSR count). The molecule has 0 aliphatic carbocycles. The van der Waals surface area contributed by atoms with Crippen molar-refractivity contribution in [3.63, 3.8) is 0 Å². The lowest BCUT2D eigenvalue weighted by Gasteiger charge is -2.27. The van der Waals surface area contributed by atoms with Crippen LogP contribution in [0.2, 0.25) is 0 Å². The first-order chi connectivity index (χ1) is 10.7.